The molecule has 0 amide bonds. The molecule has 1 aliphatic heterocycles. The number of aromatic nitrogens is 1. The van der Waals surface area contributed by atoms with Crippen LogP contribution in [-0.4, -0.2) is 33.2 Å². The second kappa shape index (κ2) is 5.75. The molecule has 0 radical (unpaired) electrons. The molecule has 0 aliphatic carbocycles. The van der Waals surface area contributed by atoms with Gasteiger partial charge in [0, 0.05) is 18.3 Å². The Morgan fingerprint density at radius 2 is 2.11 bits per heavy atom. The van der Waals surface area contributed by atoms with E-state index in [9.17, 15) is 4.79 Å². The average Bonchev–Trinajstić information content (AvgIpc) is 2.35. The lowest BCUT2D eigenvalue weighted by molar-refractivity contribution is 0.0696. The van der Waals surface area contributed by atoms with E-state index < -0.39 is 5.97 Å². The number of hydrazine groups is 1. The Bertz CT molecular complexity index is 471. The van der Waals surface area contributed by atoms with Gasteiger partial charge < -0.3 is 10.5 Å². The van der Waals surface area contributed by atoms with Gasteiger partial charge in [-0.3, -0.25) is 0 Å². The van der Waals surface area contributed by atoms with Crippen LogP contribution < -0.4 is 5.43 Å². The summed E-state index contributed by atoms with van der Waals surface area (Å²) < 4.78 is 0. The lowest BCUT2D eigenvalue weighted by Gasteiger charge is -2.39. The van der Waals surface area contributed by atoms with Crippen molar-refractivity contribution in [1.29, 1.82) is 0 Å². The number of rotatable bonds is 3. The molecule has 1 fully saturated rings. The minimum absolute atomic E-state index is 0.0929. The molecule has 104 valence electrons. The maximum atomic E-state index is 10.8. The standard InChI is InChI=1S/C13H18ClN3O2/c1-8-4-3-5-9(2)17(8)16-12-11(14)6-10(7-15-12)13(18)19/h6-9H,3-5H2,1-2H3,(H,15,16)(H,18,19). The molecule has 5 nitrogen and oxygen atoms in total. The monoisotopic (exact) mass is 283 g/mol. The van der Waals surface area contributed by atoms with Crippen molar-refractivity contribution in [1.82, 2.24) is 9.99 Å². The summed E-state index contributed by atoms with van der Waals surface area (Å²) in [6.07, 6.45) is 4.79. The molecule has 2 rings (SSSR count). The Hall–Kier alpha value is -1.33. The first-order valence-electron chi connectivity index (χ1n) is 6.43. The number of halogens is 1. The first-order chi connectivity index (χ1) is 8.99. The van der Waals surface area contributed by atoms with E-state index in [4.69, 9.17) is 16.7 Å². The first-order valence-corrected chi connectivity index (χ1v) is 6.80. The third-order valence-corrected chi connectivity index (χ3v) is 3.80. The number of hydrogen-bond acceptors (Lipinski definition) is 4. The van der Waals surface area contributed by atoms with E-state index in [0.29, 0.717) is 22.9 Å². The predicted molar refractivity (Wildman–Crippen MR) is 74.4 cm³/mol. The summed E-state index contributed by atoms with van der Waals surface area (Å²) in [5, 5.41) is 11.3. The first kappa shape index (κ1) is 14.1. The topological polar surface area (TPSA) is 65.5 Å². The van der Waals surface area contributed by atoms with E-state index in [1.54, 1.807) is 0 Å². The van der Waals surface area contributed by atoms with E-state index in [0.717, 1.165) is 12.8 Å². The highest BCUT2D eigenvalue weighted by molar-refractivity contribution is 6.33. The van der Waals surface area contributed by atoms with Gasteiger partial charge in [-0.2, -0.15) is 0 Å². The molecular weight excluding hydrogens is 266 g/mol. The van der Waals surface area contributed by atoms with Crippen LogP contribution in [0.15, 0.2) is 12.3 Å². The van der Waals surface area contributed by atoms with Gasteiger partial charge in [-0.25, -0.2) is 14.8 Å². The van der Waals surface area contributed by atoms with Gasteiger partial charge in [-0.15, -0.1) is 0 Å². The smallest absolute Gasteiger partial charge is 0.337 e. The number of carboxylic acids is 1. The van der Waals surface area contributed by atoms with Gasteiger partial charge in [0.2, 0.25) is 0 Å². The molecule has 0 bridgehead atoms. The Balaban J connectivity index is 2.16. The fourth-order valence-corrected chi connectivity index (χ4v) is 2.61. The van der Waals surface area contributed by atoms with Crippen LogP contribution in [0.5, 0.6) is 0 Å². The van der Waals surface area contributed by atoms with Gasteiger partial charge in [-0.05, 0) is 32.8 Å². The predicted octanol–water partition coefficient (Wildman–Crippen LogP) is 3.02. The SMILES string of the molecule is CC1CCCC(C)N1Nc1ncc(C(=O)O)cc1Cl. The zero-order valence-corrected chi connectivity index (χ0v) is 11.8. The van der Waals surface area contributed by atoms with E-state index in [1.165, 1.54) is 18.7 Å². The molecule has 2 unspecified atom stereocenters. The average molecular weight is 284 g/mol. The molecule has 2 N–H and O–H groups in total. The zero-order chi connectivity index (χ0) is 14.0. The Kier molecular flexibility index (Phi) is 4.27. The second-order valence-electron chi connectivity index (χ2n) is 5.01. The number of piperidine rings is 1. The van der Waals surface area contributed by atoms with Crippen LogP contribution >= 0.6 is 11.6 Å². The summed E-state index contributed by atoms with van der Waals surface area (Å²) in [7, 11) is 0. The number of hydrogen-bond donors (Lipinski definition) is 2. The highest BCUT2D eigenvalue weighted by Gasteiger charge is 2.25. The highest BCUT2D eigenvalue weighted by Crippen LogP contribution is 2.26. The number of carbonyl (C=O) groups is 1. The van der Waals surface area contributed by atoms with E-state index >= 15 is 0 Å². The van der Waals surface area contributed by atoms with Gasteiger partial charge in [0.15, 0.2) is 5.82 Å². The molecule has 1 aromatic rings. The Labute approximate surface area is 117 Å². The van der Waals surface area contributed by atoms with Gasteiger partial charge in [0.1, 0.15) is 0 Å². The van der Waals surface area contributed by atoms with Crippen LogP contribution in [0, 0.1) is 0 Å². The lowest BCUT2D eigenvalue weighted by atomic mass is 10.00. The maximum absolute atomic E-state index is 10.8. The van der Waals surface area contributed by atoms with Crippen molar-refractivity contribution in [2.45, 2.75) is 45.2 Å². The van der Waals surface area contributed by atoms with Crippen LogP contribution in [0.4, 0.5) is 5.82 Å². The van der Waals surface area contributed by atoms with Gasteiger partial charge >= 0.3 is 5.97 Å². The molecular formula is C13H18ClN3O2. The second-order valence-corrected chi connectivity index (χ2v) is 5.41. The molecule has 1 aromatic heterocycles. The third kappa shape index (κ3) is 3.16. The van der Waals surface area contributed by atoms with Crippen molar-refractivity contribution in [3.05, 3.63) is 22.8 Å². The fourth-order valence-electron chi connectivity index (χ4n) is 2.40. The summed E-state index contributed by atoms with van der Waals surface area (Å²) in [6, 6.07) is 2.22. The van der Waals surface area contributed by atoms with Gasteiger partial charge in [-0.1, -0.05) is 18.0 Å². The van der Waals surface area contributed by atoms with E-state index in [1.807, 2.05) is 0 Å². The molecule has 1 aliphatic rings. The van der Waals surface area contributed by atoms with Crippen LogP contribution in [0.3, 0.4) is 0 Å². The minimum Gasteiger partial charge on any atom is -0.478 e. The molecule has 0 spiro atoms. The molecule has 0 aromatic carbocycles. The quantitative estimate of drug-likeness (QED) is 0.893. The van der Waals surface area contributed by atoms with Gasteiger partial charge in [0.05, 0.1) is 10.6 Å². The van der Waals surface area contributed by atoms with E-state index in [2.05, 4.69) is 29.3 Å². The molecule has 0 saturated carbocycles. The van der Waals surface area contributed by atoms with Crippen LogP contribution in [0.2, 0.25) is 5.02 Å². The Morgan fingerprint density at radius 3 is 2.63 bits per heavy atom. The maximum Gasteiger partial charge on any atom is 0.337 e. The van der Waals surface area contributed by atoms with Crippen molar-refractivity contribution < 1.29 is 9.90 Å². The van der Waals surface area contributed by atoms with Gasteiger partial charge in [0.25, 0.3) is 0 Å². The number of pyridine rings is 1. The van der Waals surface area contributed by atoms with E-state index in [-0.39, 0.29) is 5.56 Å². The number of aromatic carboxylic acids is 1. The molecule has 19 heavy (non-hydrogen) atoms. The lowest BCUT2D eigenvalue weighted by Crippen LogP contribution is -2.47. The number of nitrogens with one attached hydrogen (secondary N) is 1. The number of anilines is 1. The largest absolute Gasteiger partial charge is 0.478 e. The molecule has 2 atom stereocenters. The molecule has 2 heterocycles. The van der Waals surface area contributed by atoms with Crippen molar-refractivity contribution in [3.63, 3.8) is 0 Å². The normalized spacial score (nSPS) is 24.2. The molecule has 6 heteroatoms. The summed E-state index contributed by atoms with van der Waals surface area (Å²) in [6.45, 7) is 4.31. The van der Waals surface area contributed by atoms with Crippen molar-refractivity contribution >= 4 is 23.4 Å². The summed E-state index contributed by atoms with van der Waals surface area (Å²) in [5.74, 6) is -0.520. The minimum atomic E-state index is -1.03. The number of carboxylic acid groups (broad SMARTS) is 1. The summed E-state index contributed by atoms with van der Waals surface area (Å²) in [5.41, 5.74) is 3.31. The van der Waals surface area contributed by atoms with Crippen molar-refractivity contribution in [2.24, 2.45) is 0 Å². The van der Waals surface area contributed by atoms with Crippen LogP contribution in [0.25, 0.3) is 0 Å². The summed E-state index contributed by atoms with van der Waals surface area (Å²) >= 11 is 6.07. The molecule has 1 saturated heterocycles. The third-order valence-electron chi connectivity index (χ3n) is 3.52. The highest BCUT2D eigenvalue weighted by atomic mass is 35.5. The summed E-state index contributed by atoms with van der Waals surface area (Å²) in [4.78, 5) is 14.9. The zero-order valence-electron chi connectivity index (χ0n) is 11.1. The van der Waals surface area contributed by atoms with Crippen LogP contribution in [0.1, 0.15) is 43.5 Å². The fraction of sp³-hybridized carbons (Fsp3) is 0.538. The van der Waals surface area contributed by atoms with Crippen LogP contribution in [-0.2, 0) is 0 Å². The number of nitrogens with zero attached hydrogens (tertiary/aromatic N) is 2. The Morgan fingerprint density at radius 1 is 1.47 bits per heavy atom. The van der Waals surface area contributed by atoms with Crippen molar-refractivity contribution in [2.75, 3.05) is 5.43 Å². The van der Waals surface area contributed by atoms with Crippen molar-refractivity contribution in [3.8, 4) is 0 Å².